The number of ether oxygens (including phenoxy) is 2. The first kappa shape index (κ1) is 24.5. The van der Waals surface area contributed by atoms with Crippen LogP contribution in [0.25, 0.3) is 10.9 Å². The molecule has 2 aromatic carbocycles. The Kier molecular flexibility index (Phi) is 7.50. The van der Waals surface area contributed by atoms with E-state index in [0.29, 0.717) is 16.1 Å². The van der Waals surface area contributed by atoms with Gasteiger partial charge < -0.3 is 14.8 Å². The fourth-order valence-corrected chi connectivity index (χ4v) is 5.08. The normalized spacial score (nSPS) is 13.5. The van der Waals surface area contributed by atoms with Gasteiger partial charge in [-0.1, -0.05) is 36.7 Å². The van der Waals surface area contributed by atoms with E-state index in [0.717, 1.165) is 25.7 Å². The summed E-state index contributed by atoms with van der Waals surface area (Å²) in [7, 11) is 2.45. The number of esters is 2. The van der Waals surface area contributed by atoms with Gasteiger partial charge in [0.2, 0.25) is 5.91 Å². The van der Waals surface area contributed by atoms with E-state index in [1.807, 2.05) is 12.1 Å². The third kappa shape index (κ3) is 5.37. The van der Waals surface area contributed by atoms with E-state index in [9.17, 15) is 19.2 Å². The number of aromatic nitrogens is 2. The molecule has 1 saturated carbocycles. The summed E-state index contributed by atoms with van der Waals surface area (Å²) in [6.45, 7) is 0. The van der Waals surface area contributed by atoms with Crippen LogP contribution < -0.4 is 10.9 Å². The maximum Gasteiger partial charge on any atom is 0.337 e. The molecule has 1 heterocycles. The lowest BCUT2D eigenvalue weighted by molar-refractivity contribution is -0.113. The lowest BCUT2D eigenvalue weighted by atomic mass is 10.1. The highest BCUT2D eigenvalue weighted by atomic mass is 32.2. The van der Waals surface area contributed by atoms with Gasteiger partial charge in [0.25, 0.3) is 5.56 Å². The van der Waals surface area contributed by atoms with Gasteiger partial charge in [0.05, 0.1) is 42.0 Å². The number of thioether (sulfide) groups is 1. The number of carbonyl (C=O) groups is 3. The van der Waals surface area contributed by atoms with Crippen LogP contribution in [-0.2, 0) is 14.3 Å². The Hall–Kier alpha value is -3.66. The molecule has 1 aliphatic carbocycles. The fraction of sp³-hybridized carbons (Fsp3) is 0.320. The van der Waals surface area contributed by atoms with Gasteiger partial charge in [0, 0.05) is 11.7 Å². The van der Waals surface area contributed by atoms with Crippen LogP contribution in [0.1, 0.15) is 52.4 Å². The van der Waals surface area contributed by atoms with Gasteiger partial charge in [-0.15, -0.1) is 0 Å². The van der Waals surface area contributed by atoms with E-state index in [1.54, 1.807) is 16.7 Å². The van der Waals surface area contributed by atoms with Crippen molar-refractivity contribution < 1.29 is 23.9 Å². The molecule has 1 aromatic heterocycles. The predicted octanol–water partition coefficient (Wildman–Crippen LogP) is 3.82. The van der Waals surface area contributed by atoms with Crippen molar-refractivity contribution in [1.82, 2.24) is 9.55 Å². The Bertz CT molecular complexity index is 1310. The highest BCUT2D eigenvalue weighted by molar-refractivity contribution is 7.99. The Morgan fingerprint density at radius 1 is 1.03 bits per heavy atom. The molecule has 35 heavy (non-hydrogen) atoms. The van der Waals surface area contributed by atoms with Crippen molar-refractivity contribution in [2.75, 3.05) is 25.3 Å². The van der Waals surface area contributed by atoms with Gasteiger partial charge in [-0.25, -0.2) is 14.6 Å². The summed E-state index contributed by atoms with van der Waals surface area (Å²) in [5, 5.41) is 3.75. The SMILES string of the molecule is COC(=O)c1cc(NC(=O)CSc2nc3ccccc3c(=O)n2C2CCCC2)cc(C(=O)OC)c1. The van der Waals surface area contributed by atoms with Crippen LogP contribution in [0.15, 0.2) is 52.4 Å². The molecule has 0 bridgehead atoms. The highest BCUT2D eigenvalue weighted by Crippen LogP contribution is 2.32. The number of methoxy groups -OCH3 is 2. The van der Waals surface area contributed by atoms with Gasteiger partial charge in [-0.05, 0) is 43.2 Å². The van der Waals surface area contributed by atoms with E-state index in [1.165, 1.54) is 44.2 Å². The van der Waals surface area contributed by atoms with Gasteiger partial charge >= 0.3 is 11.9 Å². The summed E-state index contributed by atoms with van der Waals surface area (Å²) in [6.07, 6.45) is 3.90. The summed E-state index contributed by atoms with van der Waals surface area (Å²) in [4.78, 5) is 54.7. The highest BCUT2D eigenvalue weighted by Gasteiger charge is 2.23. The van der Waals surface area contributed by atoms with Gasteiger partial charge in [0.1, 0.15) is 0 Å². The standard InChI is InChI=1S/C25H25N3O6S/c1-33-23(31)15-11-16(24(32)34-2)13-17(12-15)26-21(29)14-35-25-27-20-10-6-5-9-19(20)22(30)28(25)18-7-3-4-8-18/h5-6,9-13,18H,3-4,7-8,14H2,1-2H3,(H,26,29). The Balaban J connectivity index is 1.58. The number of hydrogen-bond acceptors (Lipinski definition) is 8. The number of nitrogens with one attached hydrogen (secondary N) is 1. The Morgan fingerprint density at radius 2 is 1.66 bits per heavy atom. The number of carbonyl (C=O) groups excluding carboxylic acids is 3. The number of nitrogens with zero attached hydrogens (tertiary/aromatic N) is 2. The minimum absolute atomic E-state index is 0.0203. The molecule has 0 unspecified atom stereocenters. The number of amides is 1. The number of anilines is 1. The summed E-state index contributed by atoms with van der Waals surface area (Å²) in [5.74, 6) is -1.70. The van der Waals surface area contributed by atoms with Crippen LogP contribution in [0.3, 0.4) is 0 Å². The van der Waals surface area contributed by atoms with Crippen LogP contribution in [0.5, 0.6) is 0 Å². The number of fused-ring (bicyclic) bond motifs is 1. The molecule has 1 N–H and O–H groups in total. The molecule has 182 valence electrons. The Labute approximate surface area is 205 Å². The zero-order chi connectivity index (χ0) is 24.9. The van der Waals surface area contributed by atoms with E-state index in [-0.39, 0.29) is 40.1 Å². The maximum absolute atomic E-state index is 13.3. The van der Waals surface area contributed by atoms with E-state index in [2.05, 4.69) is 10.3 Å². The molecule has 0 spiro atoms. The molecule has 1 amide bonds. The van der Waals surface area contributed by atoms with Crippen molar-refractivity contribution in [2.24, 2.45) is 0 Å². The number of rotatable bonds is 7. The average Bonchev–Trinajstić information content (AvgIpc) is 3.40. The molecule has 0 aliphatic heterocycles. The van der Waals surface area contributed by atoms with Crippen molar-refractivity contribution in [3.63, 3.8) is 0 Å². The predicted molar refractivity (Wildman–Crippen MR) is 132 cm³/mol. The first-order valence-corrected chi connectivity index (χ1v) is 12.2. The molecule has 10 heteroatoms. The van der Waals surface area contributed by atoms with Gasteiger partial charge in [0.15, 0.2) is 5.16 Å². The Morgan fingerprint density at radius 3 is 2.29 bits per heavy atom. The summed E-state index contributed by atoms with van der Waals surface area (Å²) in [6, 6.07) is 11.4. The van der Waals surface area contributed by atoms with Crippen molar-refractivity contribution in [1.29, 1.82) is 0 Å². The first-order chi connectivity index (χ1) is 16.9. The van der Waals surface area contributed by atoms with E-state index < -0.39 is 11.9 Å². The topological polar surface area (TPSA) is 117 Å². The molecule has 3 aromatic rings. The van der Waals surface area contributed by atoms with Crippen molar-refractivity contribution in [3.05, 3.63) is 63.9 Å². The third-order valence-electron chi connectivity index (χ3n) is 5.86. The molecule has 0 radical (unpaired) electrons. The van der Waals surface area contributed by atoms with Crippen molar-refractivity contribution in [2.45, 2.75) is 36.9 Å². The second-order valence-electron chi connectivity index (χ2n) is 8.14. The van der Waals surface area contributed by atoms with Gasteiger partial charge in [-0.2, -0.15) is 0 Å². The monoisotopic (exact) mass is 495 g/mol. The number of benzene rings is 2. The third-order valence-corrected chi connectivity index (χ3v) is 6.81. The number of hydrogen-bond donors (Lipinski definition) is 1. The summed E-state index contributed by atoms with van der Waals surface area (Å²) < 4.78 is 11.2. The number of para-hydroxylation sites is 1. The molecule has 1 aliphatic rings. The van der Waals surface area contributed by atoms with Crippen LogP contribution in [0.2, 0.25) is 0 Å². The minimum Gasteiger partial charge on any atom is -0.465 e. The fourth-order valence-electron chi connectivity index (χ4n) is 4.21. The van der Waals surface area contributed by atoms with Crippen LogP contribution in [0.4, 0.5) is 5.69 Å². The zero-order valence-corrected chi connectivity index (χ0v) is 20.2. The van der Waals surface area contributed by atoms with E-state index >= 15 is 0 Å². The molecular weight excluding hydrogens is 470 g/mol. The van der Waals surface area contributed by atoms with Crippen LogP contribution >= 0.6 is 11.8 Å². The van der Waals surface area contributed by atoms with Crippen LogP contribution in [0, 0.1) is 0 Å². The second kappa shape index (κ2) is 10.7. The molecule has 0 saturated heterocycles. The zero-order valence-electron chi connectivity index (χ0n) is 19.4. The molecular formula is C25H25N3O6S. The van der Waals surface area contributed by atoms with Crippen molar-refractivity contribution in [3.8, 4) is 0 Å². The lowest BCUT2D eigenvalue weighted by Gasteiger charge is -2.18. The average molecular weight is 496 g/mol. The second-order valence-corrected chi connectivity index (χ2v) is 9.09. The van der Waals surface area contributed by atoms with Gasteiger partial charge in [-0.3, -0.25) is 14.2 Å². The molecule has 1 fully saturated rings. The quantitative estimate of drug-likeness (QED) is 0.299. The maximum atomic E-state index is 13.3. The van der Waals surface area contributed by atoms with E-state index in [4.69, 9.17) is 9.47 Å². The summed E-state index contributed by atoms with van der Waals surface area (Å²) >= 11 is 1.18. The largest absolute Gasteiger partial charge is 0.465 e. The lowest BCUT2D eigenvalue weighted by Crippen LogP contribution is -2.27. The summed E-state index contributed by atoms with van der Waals surface area (Å²) in [5.41, 5.74) is 0.940. The minimum atomic E-state index is -0.651. The van der Waals surface area contributed by atoms with Crippen molar-refractivity contribution >= 4 is 46.2 Å². The molecule has 9 nitrogen and oxygen atoms in total. The first-order valence-electron chi connectivity index (χ1n) is 11.2. The smallest absolute Gasteiger partial charge is 0.337 e. The molecule has 4 rings (SSSR count). The molecule has 0 atom stereocenters. The van der Waals surface area contributed by atoms with Crippen LogP contribution in [-0.4, -0.2) is 47.4 Å².